The first kappa shape index (κ1) is 22.5. The molecule has 0 radical (unpaired) electrons. The van der Waals surface area contributed by atoms with E-state index in [1.54, 1.807) is 38.5 Å². The van der Waals surface area contributed by atoms with E-state index in [1.165, 1.54) is 0 Å². The Morgan fingerprint density at radius 1 is 1.06 bits per heavy atom. The monoisotopic (exact) mass is 498 g/mol. The van der Waals surface area contributed by atoms with Crippen LogP contribution >= 0.6 is 22.9 Å². The summed E-state index contributed by atoms with van der Waals surface area (Å²) in [5.74, 6) is 1.85. The number of piperazine rings is 1. The lowest BCUT2D eigenvalue weighted by molar-refractivity contribution is 0.0745. The number of aromatic nitrogens is 2. The number of methoxy groups -OCH3 is 2. The molecule has 34 heavy (non-hydrogen) atoms. The molecule has 0 unspecified atom stereocenters. The molecule has 0 atom stereocenters. The number of hydrogen-bond acceptors (Lipinski definition) is 8. The minimum Gasteiger partial charge on any atom is -0.495 e. The number of aryl methyl sites for hydroxylation is 1. The molecule has 3 heterocycles. The summed E-state index contributed by atoms with van der Waals surface area (Å²) in [6, 6.07) is 11.1. The zero-order chi connectivity index (χ0) is 23.8. The highest BCUT2D eigenvalue weighted by atomic mass is 35.5. The molecule has 1 amide bonds. The Morgan fingerprint density at radius 3 is 2.47 bits per heavy atom. The fraction of sp³-hybridized carbons (Fsp3) is 0.292. The first-order chi connectivity index (χ1) is 16.5. The number of ether oxygens (including phenoxy) is 2. The van der Waals surface area contributed by atoms with Crippen LogP contribution in [0.25, 0.3) is 21.5 Å². The number of nitrogens with zero attached hydrogens (tertiary/aromatic N) is 4. The number of hydrogen-bond donors (Lipinski definition) is 0. The van der Waals surface area contributed by atoms with Crippen molar-refractivity contribution in [1.82, 2.24) is 15.0 Å². The number of carbonyl (C=O) groups is 1. The molecule has 0 bridgehead atoms. The highest BCUT2D eigenvalue weighted by Crippen LogP contribution is 2.40. The van der Waals surface area contributed by atoms with Crippen LogP contribution < -0.4 is 14.4 Å². The lowest BCUT2D eigenvalue weighted by Crippen LogP contribution is -2.49. The molecular formula is C24H23ClN4O4S. The summed E-state index contributed by atoms with van der Waals surface area (Å²) in [5.41, 5.74) is 2.39. The predicted molar refractivity (Wildman–Crippen MR) is 133 cm³/mol. The summed E-state index contributed by atoms with van der Waals surface area (Å²) in [4.78, 5) is 22.3. The number of anilines is 1. The van der Waals surface area contributed by atoms with Crippen LogP contribution in [0, 0.1) is 6.92 Å². The van der Waals surface area contributed by atoms with Gasteiger partial charge in [-0.2, -0.15) is 0 Å². The van der Waals surface area contributed by atoms with Gasteiger partial charge in [0, 0.05) is 31.7 Å². The number of fused-ring (bicyclic) bond motifs is 1. The van der Waals surface area contributed by atoms with E-state index in [-0.39, 0.29) is 5.91 Å². The number of halogens is 1. The molecule has 176 valence electrons. The summed E-state index contributed by atoms with van der Waals surface area (Å²) < 4.78 is 17.3. The van der Waals surface area contributed by atoms with Crippen LogP contribution in [0.4, 0.5) is 5.13 Å². The summed E-state index contributed by atoms with van der Waals surface area (Å²) in [5, 5.41) is 5.53. The maximum absolute atomic E-state index is 13.5. The van der Waals surface area contributed by atoms with Gasteiger partial charge in [-0.15, -0.1) is 0 Å². The molecule has 1 fully saturated rings. The van der Waals surface area contributed by atoms with E-state index in [1.807, 2.05) is 35.2 Å². The Bertz CT molecular complexity index is 1320. The molecule has 4 aromatic rings. The van der Waals surface area contributed by atoms with E-state index in [2.05, 4.69) is 10.1 Å². The van der Waals surface area contributed by atoms with Gasteiger partial charge in [0.15, 0.2) is 5.13 Å². The standard InChI is InChI=1S/C24H23ClN4O4S/c1-14-19(20(27-33-14)15-6-4-5-7-16(15)25)23(30)28-10-12-29(13-11-28)24-26-21-17(31-2)8-9-18(32-3)22(21)34-24/h4-9H,10-13H2,1-3H3. The van der Waals surface area contributed by atoms with E-state index < -0.39 is 0 Å². The van der Waals surface area contributed by atoms with Crippen molar-refractivity contribution < 1.29 is 18.8 Å². The molecule has 8 nitrogen and oxygen atoms in total. The maximum Gasteiger partial charge on any atom is 0.259 e. The lowest BCUT2D eigenvalue weighted by Gasteiger charge is -2.34. The zero-order valence-electron chi connectivity index (χ0n) is 19.0. The fourth-order valence-electron chi connectivity index (χ4n) is 4.13. The summed E-state index contributed by atoms with van der Waals surface area (Å²) in [6.45, 7) is 4.16. The van der Waals surface area contributed by atoms with E-state index in [9.17, 15) is 4.79 Å². The second-order valence-electron chi connectivity index (χ2n) is 7.87. The summed E-state index contributed by atoms with van der Waals surface area (Å²) in [7, 11) is 3.28. The molecule has 1 aliphatic heterocycles. The predicted octanol–water partition coefficient (Wildman–Crippen LogP) is 4.89. The van der Waals surface area contributed by atoms with E-state index in [0.717, 1.165) is 21.1 Å². The van der Waals surface area contributed by atoms with Crippen molar-refractivity contribution in [2.45, 2.75) is 6.92 Å². The summed E-state index contributed by atoms with van der Waals surface area (Å²) in [6.07, 6.45) is 0. The van der Waals surface area contributed by atoms with Gasteiger partial charge in [-0.1, -0.05) is 46.3 Å². The number of benzene rings is 2. The van der Waals surface area contributed by atoms with Crippen molar-refractivity contribution >= 4 is 44.2 Å². The topological polar surface area (TPSA) is 80.9 Å². The highest BCUT2D eigenvalue weighted by Gasteiger charge is 2.30. The van der Waals surface area contributed by atoms with Gasteiger partial charge >= 0.3 is 0 Å². The van der Waals surface area contributed by atoms with Crippen LogP contribution in [0.1, 0.15) is 16.1 Å². The Kier molecular flexibility index (Phi) is 6.05. The van der Waals surface area contributed by atoms with E-state index in [0.29, 0.717) is 59.5 Å². The first-order valence-corrected chi connectivity index (χ1v) is 12.0. The number of carbonyl (C=O) groups excluding carboxylic acids is 1. The molecule has 0 aliphatic carbocycles. The summed E-state index contributed by atoms with van der Waals surface area (Å²) >= 11 is 7.92. The van der Waals surface area contributed by atoms with Crippen molar-refractivity contribution in [3.63, 3.8) is 0 Å². The Labute approximate surface area is 205 Å². The van der Waals surface area contributed by atoms with Crippen LogP contribution in [0.5, 0.6) is 11.5 Å². The van der Waals surface area contributed by atoms with Gasteiger partial charge in [-0.25, -0.2) is 4.98 Å². The average molecular weight is 499 g/mol. The molecular weight excluding hydrogens is 476 g/mol. The first-order valence-electron chi connectivity index (χ1n) is 10.8. The minimum atomic E-state index is -0.110. The van der Waals surface area contributed by atoms with Gasteiger partial charge in [-0.05, 0) is 25.1 Å². The second kappa shape index (κ2) is 9.15. The highest BCUT2D eigenvalue weighted by molar-refractivity contribution is 7.22. The molecule has 0 saturated carbocycles. The molecule has 10 heteroatoms. The van der Waals surface area contributed by atoms with E-state index in [4.69, 9.17) is 30.6 Å². The van der Waals surface area contributed by atoms with Crippen molar-refractivity contribution in [3.05, 3.63) is 52.7 Å². The SMILES string of the molecule is COc1ccc(OC)c2sc(N3CCN(C(=O)c4c(-c5ccccc5Cl)noc4C)CC3)nc12. The normalized spacial score (nSPS) is 14.0. The van der Waals surface area contributed by atoms with Gasteiger partial charge in [0.1, 0.15) is 38.7 Å². The molecule has 2 aromatic heterocycles. The van der Waals surface area contributed by atoms with Crippen molar-refractivity contribution in [1.29, 1.82) is 0 Å². The Balaban J connectivity index is 1.36. The molecule has 1 aliphatic rings. The minimum absolute atomic E-state index is 0.110. The molecule has 2 aromatic carbocycles. The maximum atomic E-state index is 13.5. The number of rotatable bonds is 5. The van der Waals surface area contributed by atoms with Crippen LogP contribution in [0.15, 0.2) is 40.9 Å². The third-order valence-electron chi connectivity index (χ3n) is 5.94. The van der Waals surface area contributed by atoms with Gasteiger partial charge < -0.3 is 23.8 Å². The van der Waals surface area contributed by atoms with Gasteiger partial charge in [0.05, 0.1) is 19.2 Å². The average Bonchev–Trinajstić information content (AvgIpc) is 3.48. The number of amides is 1. The van der Waals surface area contributed by atoms with Crippen LogP contribution in [0.3, 0.4) is 0 Å². The third kappa shape index (κ3) is 3.84. The molecule has 0 N–H and O–H groups in total. The van der Waals surface area contributed by atoms with Crippen LogP contribution in [-0.4, -0.2) is 61.3 Å². The van der Waals surface area contributed by atoms with Gasteiger partial charge in [0.2, 0.25) is 0 Å². The fourth-order valence-corrected chi connectivity index (χ4v) is 5.48. The zero-order valence-corrected chi connectivity index (χ0v) is 20.6. The smallest absolute Gasteiger partial charge is 0.259 e. The quantitative estimate of drug-likeness (QED) is 0.387. The number of thiazole rings is 1. The molecule has 0 spiro atoms. The van der Waals surface area contributed by atoms with Gasteiger partial charge in [0.25, 0.3) is 5.91 Å². The van der Waals surface area contributed by atoms with Gasteiger partial charge in [-0.3, -0.25) is 4.79 Å². The third-order valence-corrected chi connectivity index (χ3v) is 7.40. The van der Waals surface area contributed by atoms with Crippen LogP contribution in [-0.2, 0) is 0 Å². The van der Waals surface area contributed by atoms with Crippen molar-refractivity contribution in [2.75, 3.05) is 45.3 Å². The van der Waals surface area contributed by atoms with Crippen LogP contribution in [0.2, 0.25) is 5.02 Å². The Morgan fingerprint density at radius 2 is 1.76 bits per heavy atom. The second-order valence-corrected chi connectivity index (χ2v) is 9.25. The molecule has 5 rings (SSSR count). The molecule has 1 saturated heterocycles. The van der Waals surface area contributed by atoms with E-state index >= 15 is 0 Å². The Hall–Kier alpha value is -3.30. The van der Waals surface area contributed by atoms with Crippen molar-refractivity contribution in [3.8, 4) is 22.8 Å². The van der Waals surface area contributed by atoms with Crippen molar-refractivity contribution in [2.24, 2.45) is 0 Å². The lowest BCUT2D eigenvalue weighted by atomic mass is 10.0. The largest absolute Gasteiger partial charge is 0.495 e.